The largest absolute Gasteiger partial charge is 0.481 e. The number of nitrogens with zero attached hydrogens (tertiary/aromatic N) is 4. The summed E-state index contributed by atoms with van der Waals surface area (Å²) in [7, 11) is 0. The summed E-state index contributed by atoms with van der Waals surface area (Å²) >= 11 is 1.43. The lowest BCUT2D eigenvalue weighted by Crippen LogP contribution is -2.35. The standard InChI is InChI=1S/C25H26F2N6O3S/c1-13(25(34)35)14(2)30-24-20(27)21(19-4-3-16(37-19)12-33-5-7-36-8-6-33)31-23(32-24)18-11-29-22-17(18)9-15(26)10-28-22/h3-4,9-11,13-14H,5-8,12H2,1-2H3,(H,28,29)(H,34,35)(H,30,31,32)/t13-,14-/m0/s1. The Balaban J connectivity index is 1.56. The van der Waals surface area contributed by atoms with Crippen LogP contribution in [0, 0.1) is 17.6 Å². The van der Waals surface area contributed by atoms with E-state index in [9.17, 15) is 14.3 Å². The minimum Gasteiger partial charge on any atom is -0.481 e. The van der Waals surface area contributed by atoms with Crippen LogP contribution in [0.15, 0.2) is 30.6 Å². The van der Waals surface area contributed by atoms with Crippen LogP contribution in [-0.4, -0.2) is 68.3 Å². The second-order valence-electron chi connectivity index (χ2n) is 9.02. The second kappa shape index (κ2) is 10.5. The number of fused-ring (bicyclic) bond motifs is 1. The molecule has 1 fully saturated rings. The summed E-state index contributed by atoms with van der Waals surface area (Å²) in [5.74, 6) is -2.98. The zero-order valence-electron chi connectivity index (χ0n) is 20.3. The zero-order chi connectivity index (χ0) is 26.1. The molecular formula is C25H26F2N6O3S. The number of thiophene rings is 1. The van der Waals surface area contributed by atoms with E-state index in [-0.39, 0.29) is 17.3 Å². The summed E-state index contributed by atoms with van der Waals surface area (Å²) in [6, 6.07) is 4.46. The summed E-state index contributed by atoms with van der Waals surface area (Å²) in [6.45, 7) is 6.94. The normalized spacial score (nSPS) is 16.1. The Morgan fingerprint density at radius 1 is 1.27 bits per heavy atom. The predicted molar refractivity (Wildman–Crippen MR) is 136 cm³/mol. The van der Waals surface area contributed by atoms with Crippen LogP contribution < -0.4 is 5.32 Å². The average Bonchev–Trinajstić information content (AvgIpc) is 3.52. The smallest absolute Gasteiger partial charge is 0.308 e. The number of aliphatic carboxylic acids is 1. The molecule has 0 amide bonds. The lowest BCUT2D eigenvalue weighted by molar-refractivity contribution is -0.141. The van der Waals surface area contributed by atoms with Crippen LogP contribution in [0.25, 0.3) is 33.0 Å². The first-order valence-electron chi connectivity index (χ1n) is 11.9. The maximum atomic E-state index is 15.8. The van der Waals surface area contributed by atoms with Gasteiger partial charge in [-0.2, -0.15) is 0 Å². The van der Waals surface area contributed by atoms with Gasteiger partial charge in [-0.1, -0.05) is 0 Å². The average molecular weight is 529 g/mol. The number of hydrogen-bond acceptors (Lipinski definition) is 8. The lowest BCUT2D eigenvalue weighted by Gasteiger charge is -2.25. The number of morpholine rings is 1. The van der Waals surface area contributed by atoms with Crippen LogP contribution >= 0.6 is 11.3 Å². The van der Waals surface area contributed by atoms with Crippen molar-refractivity contribution in [3.63, 3.8) is 0 Å². The number of anilines is 1. The number of hydrogen-bond donors (Lipinski definition) is 3. The molecule has 1 aliphatic heterocycles. The predicted octanol–water partition coefficient (Wildman–Crippen LogP) is 4.38. The first-order chi connectivity index (χ1) is 17.8. The highest BCUT2D eigenvalue weighted by atomic mass is 32.1. The van der Waals surface area contributed by atoms with E-state index in [1.165, 1.54) is 24.3 Å². The van der Waals surface area contributed by atoms with Gasteiger partial charge in [0.05, 0.1) is 30.2 Å². The van der Waals surface area contributed by atoms with E-state index in [0.717, 1.165) is 30.7 Å². The van der Waals surface area contributed by atoms with Crippen molar-refractivity contribution in [3.8, 4) is 22.0 Å². The highest BCUT2D eigenvalue weighted by Crippen LogP contribution is 2.35. The fraction of sp³-hybridized carbons (Fsp3) is 0.360. The zero-order valence-corrected chi connectivity index (χ0v) is 21.1. The molecule has 0 aromatic carbocycles. The molecule has 194 valence electrons. The number of carbonyl (C=O) groups is 1. The third-order valence-corrected chi connectivity index (χ3v) is 7.55. The summed E-state index contributed by atoms with van der Waals surface area (Å²) in [4.78, 5) is 31.3. The second-order valence-corrected chi connectivity index (χ2v) is 10.2. The van der Waals surface area contributed by atoms with Crippen LogP contribution in [0.5, 0.6) is 0 Å². The molecule has 0 bridgehead atoms. The summed E-state index contributed by atoms with van der Waals surface area (Å²) < 4.78 is 35.2. The number of halogens is 2. The Labute approximate surface area is 215 Å². The Bertz CT molecular complexity index is 1440. The Morgan fingerprint density at radius 3 is 2.81 bits per heavy atom. The SMILES string of the molecule is C[C@H](Nc1nc(-c2c[nH]c3ncc(F)cc23)nc(-c2ccc(CN3CCOCC3)s2)c1F)[C@H](C)C(=O)O. The van der Waals surface area contributed by atoms with Crippen molar-refractivity contribution in [1.82, 2.24) is 24.8 Å². The molecule has 1 saturated heterocycles. The van der Waals surface area contributed by atoms with Gasteiger partial charge in [-0.3, -0.25) is 9.69 Å². The van der Waals surface area contributed by atoms with E-state index in [4.69, 9.17) is 4.74 Å². The van der Waals surface area contributed by atoms with E-state index in [2.05, 4.69) is 30.2 Å². The molecule has 4 aromatic rings. The molecule has 0 aliphatic carbocycles. The molecule has 3 N–H and O–H groups in total. The molecule has 4 aromatic heterocycles. The molecule has 0 unspecified atom stereocenters. The van der Waals surface area contributed by atoms with Crippen molar-refractivity contribution < 1.29 is 23.4 Å². The van der Waals surface area contributed by atoms with E-state index in [0.29, 0.717) is 34.7 Å². The number of carboxylic acid groups (broad SMARTS) is 1. The van der Waals surface area contributed by atoms with Gasteiger partial charge in [-0.05, 0) is 32.0 Å². The molecule has 0 radical (unpaired) electrons. The van der Waals surface area contributed by atoms with Crippen molar-refractivity contribution >= 4 is 34.2 Å². The fourth-order valence-corrected chi connectivity index (χ4v) is 5.15. The lowest BCUT2D eigenvalue weighted by atomic mass is 10.0. The molecule has 37 heavy (non-hydrogen) atoms. The third kappa shape index (κ3) is 5.31. The molecule has 0 spiro atoms. The topological polar surface area (TPSA) is 116 Å². The van der Waals surface area contributed by atoms with Crippen LogP contribution in [-0.2, 0) is 16.1 Å². The van der Waals surface area contributed by atoms with Gasteiger partial charge < -0.3 is 20.1 Å². The molecule has 1 aliphatic rings. The van der Waals surface area contributed by atoms with Crippen molar-refractivity contribution in [1.29, 1.82) is 0 Å². The van der Waals surface area contributed by atoms with Gasteiger partial charge in [0.2, 0.25) is 0 Å². The maximum absolute atomic E-state index is 15.8. The van der Waals surface area contributed by atoms with Gasteiger partial charge in [-0.25, -0.2) is 23.7 Å². The van der Waals surface area contributed by atoms with Crippen molar-refractivity contribution in [2.24, 2.45) is 5.92 Å². The quantitative estimate of drug-likeness (QED) is 0.309. The molecule has 5 heterocycles. The number of aromatic nitrogens is 4. The number of H-pyrrole nitrogens is 1. The number of carboxylic acids is 1. The van der Waals surface area contributed by atoms with Gasteiger partial charge >= 0.3 is 5.97 Å². The van der Waals surface area contributed by atoms with E-state index >= 15 is 4.39 Å². The Morgan fingerprint density at radius 2 is 2.05 bits per heavy atom. The van der Waals surface area contributed by atoms with Crippen LogP contribution in [0.2, 0.25) is 0 Å². The number of nitrogens with one attached hydrogen (secondary N) is 2. The minimum absolute atomic E-state index is 0.0830. The Kier molecular flexibility index (Phi) is 7.13. The van der Waals surface area contributed by atoms with Crippen molar-refractivity contribution in [2.45, 2.75) is 26.4 Å². The number of ether oxygens (including phenoxy) is 1. The van der Waals surface area contributed by atoms with Crippen LogP contribution in [0.1, 0.15) is 18.7 Å². The molecular weight excluding hydrogens is 502 g/mol. The van der Waals surface area contributed by atoms with Gasteiger partial charge in [0.15, 0.2) is 17.5 Å². The van der Waals surface area contributed by atoms with Crippen LogP contribution in [0.4, 0.5) is 14.6 Å². The molecule has 0 saturated carbocycles. The van der Waals surface area contributed by atoms with E-state index < -0.39 is 29.6 Å². The van der Waals surface area contributed by atoms with E-state index in [1.54, 1.807) is 13.1 Å². The van der Waals surface area contributed by atoms with Gasteiger partial charge in [0.1, 0.15) is 17.2 Å². The molecule has 9 nitrogen and oxygen atoms in total. The maximum Gasteiger partial charge on any atom is 0.308 e. The summed E-state index contributed by atoms with van der Waals surface area (Å²) in [6.07, 6.45) is 2.70. The number of pyridine rings is 1. The molecule has 2 atom stereocenters. The number of aromatic amines is 1. The highest BCUT2D eigenvalue weighted by molar-refractivity contribution is 7.15. The van der Waals surface area contributed by atoms with E-state index in [1.807, 2.05) is 12.1 Å². The monoisotopic (exact) mass is 528 g/mol. The first kappa shape index (κ1) is 25.2. The fourth-order valence-electron chi connectivity index (χ4n) is 4.11. The summed E-state index contributed by atoms with van der Waals surface area (Å²) in [5.41, 5.74) is 0.979. The van der Waals surface area contributed by atoms with Gasteiger partial charge in [-0.15, -0.1) is 11.3 Å². The highest BCUT2D eigenvalue weighted by Gasteiger charge is 2.25. The van der Waals surface area contributed by atoms with Crippen molar-refractivity contribution in [3.05, 3.63) is 47.1 Å². The first-order valence-corrected chi connectivity index (χ1v) is 12.7. The van der Waals surface area contributed by atoms with Gasteiger partial charge in [0.25, 0.3) is 0 Å². The van der Waals surface area contributed by atoms with Gasteiger partial charge in [0, 0.05) is 47.7 Å². The third-order valence-electron chi connectivity index (χ3n) is 6.47. The molecule has 5 rings (SSSR count). The number of rotatable bonds is 8. The minimum atomic E-state index is -1.01. The molecule has 12 heteroatoms. The Hall–Kier alpha value is -3.48. The van der Waals surface area contributed by atoms with Crippen molar-refractivity contribution in [2.75, 3.05) is 31.6 Å². The van der Waals surface area contributed by atoms with Crippen LogP contribution in [0.3, 0.4) is 0 Å². The summed E-state index contributed by atoms with van der Waals surface area (Å²) in [5, 5.41) is 12.8.